The number of halogens is 1. The van der Waals surface area contributed by atoms with Crippen LogP contribution in [0.15, 0.2) is 53.0 Å². The van der Waals surface area contributed by atoms with Crippen LogP contribution in [0.5, 0.6) is 0 Å². The molecule has 0 aliphatic carbocycles. The van der Waals surface area contributed by atoms with Crippen LogP contribution in [0.1, 0.15) is 35.9 Å². The highest BCUT2D eigenvalue weighted by Crippen LogP contribution is 2.33. The van der Waals surface area contributed by atoms with Gasteiger partial charge in [0.15, 0.2) is 0 Å². The highest BCUT2D eigenvalue weighted by Gasteiger charge is 2.32. The molecular weight excluding hydrogens is 378 g/mol. The van der Waals surface area contributed by atoms with Crippen molar-refractivity contribution in [2.75, 3.05) is 31.5 Å². The zero-order valence-electron chi connectivity index (χ0n) is 14.7. The number of para-hydroxylation sites is 1. The molecule has 1 atom stereocenters. The van der Waals surface area contributed by atoms with E-state index >= 15 is 0 Å². The van der Waals surface area contributed by atoms with Crippen molar-refractivity contribution in [3.05, 3.63) is 64.1 Å². The maximum absolute atomic E-state index is 13.1. The Morgan fingerprint density at radius 3 is 2.44 bits per heavy atom. The van der Waals surface area contributed by atoms with Crippen molar-refractivity contribution in [3.63, 3.8) is 0 Å². The van der Waals surface area contributed by atoms with E-state index in [-0.39, 0.29) is 12.1 Å². The molecule has 1 aliphatic heterocycles. The molecule has 1 amide bonds. The summed E-state index contributed by atoms with van der Waals surface area (Å²) in [5, 5.41) is 3.54. The van der Waals surface area contributed by atoms with E-state index in [4.69, 9.17) is 0 Å². The average Bonchev–Trinajstić information content (AvgIpc) is 2.64. The van der Waals surface area contributed by atoms with Crippen LogP contribution < -0.4 is 5.32 Å². The normalized spacial score (nSPS) is 16.7. The number of likely N-dealkylation sites (N-methyl/N-ethyl adjacent to an activating group) is 1. The molecule has 1 heterocycles. The SMILES string of the molecule is CCN(CC)CCN1C(=O)c2ccccc2N[C@@H]1c1ccc(Br)cc1. The summed E-state index contributed by atoms with van der Waals surface area (Å²) in [4.78, 5) is 17.4. The Morgan fingerprint density at radius 2 is 1.76 bits per heavy atom. The molecule has 0 radical (unpaired) electrons. The number of carbonyl (C=O) groups excluding carboxylic acids is 1. The van der Waals surface area contributed by atoms with Crippen molar-refractivity contribution in [3.8, 4) is 0 Å². The third-order valence-corrected chi connectivity index (χ3v) is 5.29. The largest absolute Gasteiger partial charge is 0.361 e. The fourth-order valence-corrected chi connectivity index (χ4v) is 3.48. The Balaban J connectivity index is 1.91. The number of hydrogen-bond donors (Lipinski definition) is 1. The summed E-state index contributed by atoms with van der Waals surface area (Å²) < 4.78 is 1.04. The van der Waals surface area contributed by atoms with E-state index in [9.17, 15) is 4.79 Å². The van der Waals surface area contributed by atoms with Gasteiger partial charge in [-0.1, -0.05) is 54.0 Å². The van der Waals surface area contributed by atoms with E-state index in [1.807, 2.05) is 41.3 Å². The number of fused-ring (bicyclic) bond motifs is 1. The summed E-state index contributed by atoms with van der Waals surface area (Å²) in [6, 6.07) is 15.9. The number of hydrogen-bond acceptors (Lipinski definition) is 3. The van der Waals surface area contributed by atoms with E-state index in [2.05, 4.69) is 52.1 Å². The molecule has 3 rings (SSSR count). The van der Waals surface area contributed by atoms with Crippen LogP contribution in [0.25, 0.3) is 0 Å². The van der Waals surface area contributed by atoms with Crippen molar-refractivity contribution in [2.45, 2.75) is 20.0 Å². The van der Waals surface area contributed by atoms with Gasteiger partial charge in [0, 0.05) is 23.2 Å². The lowest BCUT2D eigenvalue weighted by atomic mass is 10.0. The fraction of sp³-hybridized carbons (Fsp3) is 0.350. The molecule has 0 bridgehead atoms. The molecule has 1 N–H and O–H groups in total. The van der Waals surface area contributed by atoms with Gasteiger partial charge in [-0.3, -0.25) is 4.79 Å². The molecular formula is C20H24BrN3O. The molecule has 5 heteroatoms. The van der Waals surface area contributed by atoms with Crippen molar-refractivity contribution in [1.82, 2.24) is 9.80 Å². The van der Waals surface area contributed by atoms with Crippen molar-refractivity contribution >= 4 is 27.5 Å². The fourth-order valence-electron chi connectivity index (χ4n) is 3.22. The molecule has 2 aromatic carbocycles. The van der Waals surface area contributed by atoms with Crippen LogP contribution in [0, 0.1) is 0 Å². The van der Waals surface area contributed by atoms with Gasteiger partial charge in [-0.2, -0.15) is 0 Å². The third-order valence-electron chi connectivity index (χ3n) is 4.76. The number of anilines is 1. The summed E-state index contributed by atoms with van der Waals surface area (Å²) in [6.45, 7) is 7.86. The van der Waals surface area contributed by atoms with E-state index < -0.39 is 0 Å². The maximum Gasteiger partial charge on any atom is 0.257 e. The lowest BCUT2D eigenvalue weighted by Gasteiger charge is -2.39. The number of carbonyl (C=O) groups is 1. The standard InChI is InChI=1S/C20H24BrN3O/c1-3-23(4-2)13-14-24-19(15-9-11-16(21)12-10-15)22-18-8-6-5-7-17(18)20(24)25/h5-12,19,22H,3-4,13-14H2,1-2H3/t19-/m0/s1. The Bertz CT molecular complexity index is 728. The molecule has 0 fully saturated rings. The predicted octanol–water partition coefficient (Wildman–Crippen LogP) is 4.36. The van der Waals surface area contributed by atoms with Gasteiger partial charge in [-0.15, -0.1) is 0 Å². The van der Waals surface area contributed by atoms with Crippen molar-refractivity contribution < 1.29 is 4.79 Å². The third kappa shape index (κ3) is 3.88. The Morgan fingerprint density at radius 1 is 1.08 bits per heavy atom. The second-order valence-electron chi connectivity index (χ2n) is 6.17. The first kappa shape index (κ1) is 18.0. The highest BCUT2D eigenvalue weighted by molar-refractivity contribution is 9.10. The van der Waals surface area contributed by atoms with Crippen LogP contribution in [0.2, 0.25) is 0 Å². The molecule has 2 aromatic rings. The average molecular weight is 402 g/mol. The van der Waals surface area contributed by atoms with Gasteiger partial charge in [-0.05, 0) is 42.9 Å². The van der Waals surface area contributed by atoms with Crippen LogP contribution in [-0.2, 0) is 0 Å². The van der Waals surface area contributed by atoms with E-state index in [1.165, 1.54) is 0 Å². The number of amides is 1. The van der Waals surface area contributed by atoms with Crippen molar-refractivity contribution in [2.24, 2.45) is 0 Å². The van der Waals surface area contributed by atoms with Crippen LogP contribution in [0.3, 0.4) is 0 Å². The molecule has 132 valence electrons. The smallest absolute Gasteiger partial charge is 0.257 e. The minimum atomic E-state index is -0.147. The lowest BCUT2D eigenvalue weighted by molar-refractivity contribution is 0.0660. The minimum Gasteiger partial charge on any atom is -0.361 e. The first-order chi connectivity index (χ1) is 12.1. The number of benzene rings is 2. The van der Waals surface area contributed by atoms with Gasteiger partial charge < -0.3 is 15.1 Å². The Labute approximate surface area is 158 Å². The molecule has 0 saturated heterocycles. The highest BCUT2D eigenvalue weighted by atomic mass is 79.9. The lowest BCUT2D eigenvalue weighted by Crippen LogP contribution is -2.46. The number of nitrogens with one attached hydrogen (secondary N) is 1. The quantitative estimate of drug-likeness (QED) is 0.780. The zero-order chi connectivity index (χ0) is 17.8. The molecule has 0 aromatic heterocycles. The molecule has 25 heavy (non-hydrogen) atoms. The first-order valence-corrected chi connectivity index (χ1v) is 9.57. The summed E-state index contributed by atoms with van der Waals surface area (Å²) in [5.74, 6) is 0.0921. The minimum absolute atomic E-state index is 0.0921. The van der Waals surface area contributed by atoms with Crippen molar-refractivity contribution in [1.29, 1.82) is 0 Å². The van der Waals surface area contributed by atoms with Gasteiger partial charge in [0.25, 0.3) is 5.91 Å². The topological polar surface area (TPSA) is 35.6 Å². The Kier molecular flexibility index (Phi) is 5.76. The summed E-state index contributed by atoms with van der Waals surface area (Å²) in [5.41, 5.74) is 2.74. The Hall–Kier alpha value is -1.85. The maximum atomic E-state index is 13.1. The summed E-state index contributed by atoms with van der Waals surface area (Å²) in [6.07, 6.45) is -0.147. The summed E-state index contributed by atoms with van der Waals surface area (Å²) >= 11 is 3.48. The second-order valence-corrected chi connectivity index (χ2v) is 7.09. The van der Waals surface area contributed by atoms with Crippen LogP contribution in [-0.4, -0.2) is 41.9 Å². The molecule has 4 nitrogen and oxygen atoms in total. The molecule has 1 aliphatic rings. The molecule has 0 saturated carbocycles. The molecule has 0 spiro atoms. The monoisotopic (exact) mass is 401 g/mol. The zero-order valence-corrected chi connectivity index (χ0v) is 16.3. The van der Waals surface area contributed by atoms with E-state index in [0.717, 1.165) is 40.9 Å². The predicted molar refractivity (Wildman–Crippen MR) is 106 cm³/mol. The van der Waals surface area contributed by atoms with E-state index in [0.29, 0.717) is 6.54 Å². The summed E-state index contributed by atoms with van der Waals surface area (Å²) in [7, 11) is 0. The molecule has 0 unspecified atom stereocenters. The first-order valence-electron chi connectivity index (χ1n) is 8.78. The van der Waals surface area contributed by atoms with Gasteiger partial charge in [0.2, 0.25) is 0 Å². The van der Waals surface area contributed by atoms with Crippen LogP contribution in [0.4, 0.5) is 5.69 Å². The van der Waals surface area contributed by atoms with Gasteiger partial charge in [0.05, 0.1) is 5.56 Å². The van der Waals surface area contributed by atoms with Crippen LogP contribution >= 0.6 is 15.9 Å². The number of nitrogens with zero attached hydrogens (tertiary/aromatic N) is 2. The van der Waals surface area contributed by atoms with Gasteiger partial charge in [-0.25, -0.2) is 0 Å². The second kappa shape index (κ2) is 8.02. The number of rotatable bonds is 6. The van der Waals surface area contributed by atoms with E-state index in [1.54, 1.807) is 0 Å². The van der Waals surface area contributed by atoms with Gasteiger partial charge in [0.1, 0.15) is 6.17 Å². The van der Waals surface area contributed by atoms with Gasteiger partial charge >= 0.3 is 0 Å².